The molecule has 5 aliphatic heterocycles. The Morgan fingerprint density at radius 1 is 0.464 bits per heavy atom. The molecule has 0 amide bonds. The molecule has 4 N–H and O–H groups in total. The summed E-state index contributed by atoms with van der Waals surface area (Å²) in [4.78, 5) is 31.3. The van der Waals surface area contributed by atoms with E-state index in [9.17, 15) is 0 Å². The van der Waals surface area contributed by atoms with Crippen molar-refractivity contribution in [1.82, 2.24) is 9.97 Å². The third kappa shape index (κ3) is 9.38. The number of benzene rings is 6. The van der Waals surface area contributed by atoms with Gasteiger partial charge in [-0.15, -0.1) is 4.98 Å². The maximum absolute atomic E-state index is 6.78. The number of morpholine rings is 2. The predicted molar refractivity (Wildman–Crippen MR) is 280 cm³/mol. The minimum Gasteiger partial charge on any atom is -0.397 e. The number of nitrogens with zero attached hydrogens (tertiary/aromatic N) is 8. The van der Waals surface area contributed by atoms with Gasteiger partial charge in [-0.05, 0) is 111 Å². The zero-order valence-electron chi connectivity index (χ0n) is 38.2. The lowest BCUT2D eigenvalue weighted by molar-refractivity contribution is 0.122. The van der Waals surface area contributed by atoms with Crippen molar-refractivity contribution in [2.45, 2.75) is 19.3 Å². The van der Waals surface area contributed by atoms with Crippen LogP contribution in [0.5, 0.6) is 0 Å². The second-order valence-electron chi connectivity index (χ2n) is 17.6. The molecule has 0 atom stereocenters. The summed E-state index contributed by atoms with van der Waals surface area (Å²) in [6.07, 6.45) is 6.17. The van der Waals surface area contributed by atoms with Crippen molar-refractivity contribution < 1.29 is 9.47 Å². The standard InChI is InChI=1S/C29H24N4O.C18H20N4O.C10H6N2/c1-2-4-21-18-30-28(15-19(21)3-1)29-17-22-13-20(5-7-25(22)32-29)27-16-23-14-24(6-8-26(23)31-27)33-9-11-34-12-10-33;19-15-3-1-12(10-16(15)20)18-11-13-9-14(2-4-17(13)21-18)22-5-7-23-8-6-22;1-11-10-6-8-4-2-3-5-9(8)7-12-10/h1-8,13-15,18H,9-12,16-17H2;1-4,9-10H,5-8,11,19-20H2;2-7H. The SMILES string of the molecule is Nc1ccc(C2=Nc3ccc(N4CCOCC4)cc3C2)cc1N.[C-]#[N+]c1cc2ccccc2cn1.c1ccc2cc(C3=Nc4ccc(C5=Nc6ccc(N7CCOCC7)cc6C5)cc4C3)ncc2c1. The zero-order chi connectivity index (χ0) is 46.7. The summed E-state index contributed by atoms with van der Waals surface area (Å²) in [5, 5.41) is 4.49. The number of hydrogen-bond acceptors (Lipinski definition) is 11. The second-order valence-corrected chi connectivity index (χ2v) is 17.6. The Labute approximate surface area is 401 Å². The average molecular weight is 907 g/mol. The number of ether oxygens (including phenoxy) is 2. The van der Waals surface area contributed by atoms with E-state index in [1.54, 1.807) is 12.3 Å². The third-order valence-corrected chi connectivity index (χ3v) is 13.2. The first kappa shape index (κ1) is 43.3. The first-order valence-electron chi connectivity index (χ1n) is 23.4. The molecular weight excluding hydrogens is 857 g/mol. The van der Waals surface area contributed by atoms with Crippen molar-refractivity contribution in [2.75, 3.05) is 73.9 Å². The van der Waals surface area contributed by atoms with Gasteiger partial charge in [0, 0.05) is 73.8 Å². The summed E-state index contributed by atoms with van der Waals surface area (Å²) in [5.74, 6) is 0.453. The molecule has 6 aromatic carbocycles. The highest BCUT2D eigenvalue weighted by molar-refractivity contribution is 6.10. The molecule has 2 saturated heterocycles. The van der Waals surface area contributed by atoms with Crippen molar-refractivity contribution in [3.8, 4) is 0 Å². The van der Waals surface area contributed by atoms with E-state index >= 15 is 0 Å². The van der Waals surface area contributed by atoms with Gasteiger partial charge in [-0.1, -0.05) is 67.2 Å². The first-order chi connectivity index (χ1) is 33.9. The van der Waals surface area contributed by atoms with Gasteiger partial charge in [-0.25, -0.2) is 0 Å². The largest absolute Gasteiger partial charge is 0.397 e. The molecule has 0 bridgehead atoms. The number of aromatic nitrogens is 2. The highest BCUT2D eigenvalue weighted by Gasteiger charge is 2.23. The van der Waals surface area contributed by atoms with Gasteiger partial charge in [0.2, 0.25) is 0 Å². The van der Waals surface area contributed by atoms with Gasteiger partial charge < -0.3 is 35.6 Å². The van der Waals surface area contributed by atoms with Crippen LogP contribution in [0.2, 0.25) is 0 Å². The molecule has 5 aliphatic rings. The molecule has 0 unspecified atom stereocenters. The van der Waals surface area contributed by atoms with Gasteiger partial charge in [0.15, 0.2) is 0 Å². The lowest BCUT2D eigenvalue weighted by Gasteiger charge is -2.29. The van der Waals surface area contributed by atoms with Gasteiger partial charge in [0.25, 0.3) is 5.82 Å². The van der Waals surface area contributed by atoms with E-state index in [1.165, 1.54) is 39.0 Å². The van der Waals surface area contributed by atoms with Gasteiger partial charge >= 0.3 is 0 Å². The van der Waals surface area contributed by atoms with E-state index in [2.05, 4.69) is 103 Å². The van der Waals surface area contributed by atoms with E-state index in [4.69, 9.17) is 42.5 Å². The summed E-state index contributed by atoms with van der Waals surface area (Å²) >= 11 is 0. The lowest BCUT2D eigenvalue weighted by atomic mass is 9.99. The van der Waals surface area contributed by atoms with E-state index in [1.807, 2.05) is 54.7 Å². The lowest BCUT2D eigenvalue weighted by Crippen LogP contribution is -2.36. The Hall–Kier alpha value is -8.24. The molecular formula is C57H50N10O2. The average Bonchev–Trinajstić information content (AvgIpc) is 4.17. The highest BCUT2D eigenvalue weighted by Crippen LogP contribution is 2.36. The van der Waals surface area contributed by atoms with Gasteiger partial charge in [-0.3, -0.25) is 20.0 Å². The van der Waals surface area contributed by atoms with Crippen LogP contribution in [0.15, 0.2) is 161 Å². The predicted octanol–water partition coefficient (Wildman–Crippen LogP) is 10.6. The van der Waals surface area contributed by atoms with Crippen LogP contribution in [0.1, 0.15) is 33.5 Å². The van der Waals surface area contributed by atoms with Gasteiger partial charge in [0.1, 0.15) is 6.20 Å². The van der Waals surface area contributed by atoms with Crippen molar-refractivity contribution in [1.29, 1.82) is 0 Å². The molecule has 340 valence electrons. The number of nitrogens with two attached hydrogens (primary N) is 2. The molecule has 0 radical (unpaired) electrons. The zero-order valence-corrected chi connectivity index (χ0v) is 38.2. The Morgan fingerprint density at radius 3 is 1.52 bits per heavy atom. The molecule has 13 rings (SSSR count). The third-order valence-electron chi connectivity index (χ3n) is 13.2. The summed E-state index contributed by atoms with van der Waals surface area (Å²) in [5.41, 5.74) is 28.8. The van der Waals surface area contributed by atoms with Crippen molar-refractivity contribution >= 4 is 84.3 Å². The molecule has 2 fully saturated rings. The minimum atomic E-state index is 0.453. The molecule has 0 spiro atoms. The van der Waals surface area contributed by atoms with E-state index < -0.39 is 0 Å². The summed E-state index contributed by atoms with van der Waals surface area (Å²) in [7, 11) is 0. The van der Waals surface area contributed by atoms with Gasteiger partial charge in [0.05, 0.1) is 77.7 Å². The Bertz CT molecular complexity index is 3400. The van der Waals surface area contributed by atoms with E-state index in [0.29, 0.717) is 17.2 Å². The monoisotopic (exact) mass is 906 g/mol. The Morgan fingerprint density at radius 2 is 0.942 bits per heavy atom. The fraction of sp³-hybridized carbons (Fsp3) is 0.193. The minimum absolute atomic E-state index is 0.453. The summed E-state index contributed by atoms with van der Waals surface area (Å²) in [6, 6.07) is 45.6. The first-order valence-corrected chi connectivity index (χ1v) is 23.4. The molecule has 0 saturated carbocycles. The van der Waals surface area contributed by atoms with Crippen LogP contribution in [-0.4, -0.2) is 79.7 Å². The number of anilines is 4. The quantitative estimate of drug-likeness (QED) is 0.128. The Kier molecular flexibility index (Phi) is 12.0. The van der Waals surface area contributed by atoms with E-state index in [-0.39, 0.29) is 0 Å². The number of pyridine rings is 2. The fourth-order valence-corrected chi connectivity index (χ4v) is 9.40. The van der Waals surface area contributed by atoms with Crippen LogP contribution in [0.4, 0.5) is 45.6 Å². The second kappa shape index (κ2) is 19.2. The molecule has 12 nitrogen and oxygen atoms in total. The van der Waals surface area contributed by atoms with Gasteiger partial charge in [-0.2, -0.15) is 0 Å². The van der Waals surface area contributed by atoms with Crippen molar-refractivity contribution in [3.05, 3.63) is 191 Å². The maximum Gasteiger partial charge on any atom is 0.270 e. The fourth-order valence-electron chi connectivity index (χ4n) is 9.40. The molecule has 8 aromatic rings. The van der Waals surface area contributed by atoms with Crippen LogP contribution in [0.3, 0.4) is 0 Å². The van der Waals surface area contributed by atoms with Crippen LogP contribution in [0.25, 0.3) is 26.4 Å². The summed E-state index contributed by atoms with van der Waals surface area (Å²) < 4.78 is 10.9. The normalized spacial score (nSPS) is 15.7. The highest BCUT2D eigenvalue weighted by atomic mass is 16.5. The van der Waals surface area contributed by atoms with E-state index in [0.717, 1.165) is 133 Å². The Balaban J connectivity index is 0.000000127. The van der Waals surface area contributed by atoms with Crippen LogP contribution < -0.4 is 21.3 Å². The van der Waals surface area contributed by atoms with Crippen molar-refractivity contribution in [3.63, 3.8) is 0 Å². The molecule has 0 aliphatic carbocycles. The molecule has 7 heterocycles. The molecule has 2 aromatic heterocycles. The number of hydrogen-bond donors (Lipinski definition) is 2. The van der Waals surface area contributed by atoms with Crippen LogP contribution >= 0.6 is 0 Å². The molecule has 12 heteroatoms. The number of nitrogen functional groups attached to an aromatic ring is 2. The van der Waals surface area contributed by atoms with Crippen LogP contribution in [-0.2, 0) is 28.7 Å². The number of rotatable bonds is 5. The maximum atomic E-state index is 6.78. The number of fused-ring (bicyclic) bond motifs is 5. The number of aliphatic imine (C=N–C) groups is 3. The van der Waals surface area contributed by atoms with Crippen molar-refractivity contribution in [2.24, 2.45) is 15.0 Å². The topological polar surface area (TPSA) is 144 Å². The smallest absolute Gasteiger partial charge is 0.270 e. The summed E-state index contributed by atoms with van der Waals surface area (Å²) in [6.45, 7) is 13.8. The van der Waals surface area contributed by atoms with Crippen LogP contribution in [0, 0.1) is 6.57 Å². The molecule has 69 heavy (non-hydrogen) atoms.